The molecule has 1 saturated carbocycles. The van der Waals surface area contributed by atoms with E-state index >= 15 is 0 Å². The fraction of sp³-hybridized carbons (Fsp3) is 0.680. The molecule has 2 aliphatic heterocycles. The summed E-state index contributed by atoms with van der Waals surface area (Å²) in [5, 5.41) is 6.00. The Bertz CT molecular complexity index is 994. The molecule has 2 aromatic rings. The Balaban J connectivity index is 1.03. The quantitative estimate of drug-likeness (QED) is 0.412. The highest BCUT2D eigenvalue weighted by molar-refractivity contribution is 6.31. The van der Waals surface area contributed by atoms with E-state index in [4.69, 9.17) is 25.6 Å². The van der Waals surface area contributed by atoms with E-state index in [0.717, 1.165) is 74.8 Å². The Morgan fingerprint density at radius 2 is 1.94 bits per heavy atom. The van der Waals surface area contributed by atoms with Crippen molar-refractivity contribution in [3.63, 3.8) is 0 Å². The van der Waals surface area contributed by atoms with Crippen LogP contribution in [0, 0.1) is 5.92 Å². The van der Waals surface area contributed by atoms with E-state index in [1.807, 2.05) is 18.2 Å². The number of hydrogen-bond acceptors (Lipinski definition) is 7. The van der Waals surface area contributed by atoms with E-state index in [9.17, 15) is 4.79 Å². The number of amides is 1. The number of ether oxygens (including phenoxy) is 2. The second-order valence-electron chi connectivity index (χ2n) is 10.0. The first-order valence-electron chi connectivity index (χ1n) is 12.4. The maximum atomic E-state index is 12.6. The fourth-order valence-electron chi connectivity index (χ4n) is 5.73. The Kier molecular flexibility index (Phi) is 7.02. The monoisotopic (exact) mass is 490 g/mol. The number of methoxy groups -OCH3 is 2. The molecular formula is C25H35ClN4O4. The second-order valence-corrected chi connectivity index (χ2v) is 10.5. The van der Waals surface area contributed by atoms with Crippen molar-refractivity contribution in [1.82, 2.24) is 15.0 Å². The number of piperazine rings is 1. The molecule has 1 aromatic heterocycles. The van der Waals surface area contributed by atoms with Crippen LogP contribution in [0.15, 0.2) is 22.7 Å². The first-order valence-corrected chi connectivity index (χ1v) is 12.8. The number of fused-ring (bicyclic) bond motifs is 1. The first kappa shape index (κ1) is 23.9. The van der Waals surface area contributed by atoms with Gasteiger partial charge in [-0.15, -0.1) is 0 Å². The number of halogens is 1. The minimum Gasteiger partial charge on any atom is -0.355 e. The number of aromatic nitrogens is 1. The largest absolute Gasteiger partial charge is 0.355 e. The number of carbonyl (C=O) groups excluding carboxylic acids is 1. The molecule has 186 valence electrons. The van der Waals surface area contributed by atoms with Crippen LogP contribution in [0.3, 0.4) is 0 Å². The molecule has 0 bridgehead atoms. The van der Waals surface area contributed by atoms with Gasteiger partial charge in [0.25, 0.3) is 0 Å². The predicted molar refractivity (Wildman–Crippen MR) is 131 cm³/mol. The molecule has 3 fully saturated rings. The minimum absolute atomic E-state index is 0.121. The smallest absolute Gasteiger partial charge is 0.228 e. The van der Waals surface area contributed by atoms with Crippen LogP contribution in [0.5, 0.6) is 0 Å². The van der Waals surface area contributed by atoms with Crippen molar-refractivity contribution in [2.45, 2.75) is 50.4 Å². The minimum atomic E-state index is -0.441. The van der Waals surface area contributed by atoms with E-state index in [1.54, 1.807) is 14.2 Å². The molecule has 5 rings (SSSR count). The summed E-state index contributed by atoms with van der Waals surface area (Å²) in [4.78, 5) is 19.5. The van der Waals surface area contributed by atoms with E-state index < -0.39 is 6.29 Å². The third-order valence-electron chi connectivity index (χ3n) is 8.07. The van der Waals surface area contributed by atoms with Crippen molar-refractivity contribution in [3.8, 4) is 0 Å². The molecule has 3 heterocycles. The number of carbonyl (C=O) groups is 1. The van der Waals surface area contributed by atoms with Crippen molar-refractivity contribution in [1.29, 1.82) is 0 Å². The lowest BCUT2D eigenvalue weighted by atomic mass is 9.80. The van der Waals surface area contributed by atoms with Crippen molar-refractivity contribution < 1.29 is 18.8 Å². The van der Waals surface area contributed by atoms with Crippen LogP contribution in [0.2, 0.25) is 5.02 Å². The van der Waals surface area contributed by atoms with Crippen molar-refractivity contribution in [2.24, 2.45) is 5.92 Å². The maximum absolute atomic E-state index is 12.6. The van der Waals surface area contributed by atoms with Crippen molar-refractivity contribution in [2.75, 3.05) is 58.4 Å². The molecule has 2 saturated heterocycles. The molecule has 0 unspecified atom stereocenters. The Morgan fingerprint density at radius 3 is 2.65 bits per heavy atom. The van der Waals surface area contributed by atoms with Crippen molar-refractivity contribution >= 4 is 34.3 Å². The lowest BCUT2D eigenvalue weighted by molar-refractivity contribution is -0.144. The lowest BCUT2D eigenvalue weighted by Gasteiger charge is -2.36. The summed E-state index contributed by atoms with van der Waals surface area (Å²) in [6.45, 7) is 6.05. The van der Waals surface area contributed by atoms with Gasteiger partial charge in [0.1, 0.15) is 0 Å². The molecule has 3 aliphatic rings. The standard InChI is InChI=1S/C25H35ClN4O4/c1-32-23(33-2)16-22(31)30-17-25(30)8-5-18(6-9-25)7-10-28-11-13-29(14-12-28)24-20-4-3-19(26)15-21(20)34-27-24/h3-4,15,18,23H,5-14,16-17H2,1-2H3. The fourth-order valence-corrected chi connectivity index (χ4v) is 5.90. The molecule has 0 atom stereocenters. The van der Waals surface area contributed by atoms with Gasteiger partial charge in [0.2, 0.25) is 5.91 Å². The molecule has 1 aromatic carbocycles. The molecule has 34 heavy (non-hydrogen) atoms. The van der Waals surface area contributed by atoms with Gasteiger partial charge in [-0.3, -0.25) is 9.69 Å². The van der Waals surface area contributed by atoms with E-state index in [0.29, 0.717) is 11.4 Å². The van der Waals surface area contributed by atoms with Crippen LogP contribution in [0.25, 0.3) is 11.0 Å². The van der Waals surface area contributed by atoms with Gasteiger partial charge in [0, 0.05) is 58.0 Å². The van der Waals surface area contributed by atoms with Gasteiger partial charge in [-0.05, 0) is 56.7 Å². The van der Waals surface area contributed by atoms with Crippen LogP contribution in [-0.2, 0) is 14.3 Å². The predicted octanol–water partition coefficient (Wildman–Crippen LogP) is 3.77. The van der Waals surface area contributed by atoms with Crippen LogP contribution in [0.4, 0.5) is 5.82 Å². The Morgan fingerprint density at radius 1 is 1.21 bits per heavy atom. The summed E-state index contributed by atoms with van der Waals surface area (Å²) >= 11 is 6.07. The van der Waals surface area contributed by atoms with Crippen LogP contribution in [0.1, 0.15) is 38.5 Å². The molecule has 9 heteroatoms. The van der Waals surface area contributed by atoms with Crippen LogP contribution in [-0.4, -0.2) is 86.2 Å². The van der Waals surface area contributed by atoms with Gasteiger partial charge in [0.05, 0.1) is 17.3 Å². The van der Waals surface area contributed by atoms with E-state index in [1.165, 1.54) is 19.3 Å². The summed E-state index contributed by atoms with van der Waals surface area (Å²) in [5.41, 5.74) is 0.865. The molecular weight excluding hydrogens is 456 g/mol. The highest BCUT2D eigenvalue weighted by atomic mass is 35.5. The summed E-state index contributed by atoms with van der Waals surface area (Å²) in [7, 11) is 3.16. The molecule has 1 spiro atoms. The van der Waals surface area contributed by atoms with Gasteiger partial charge in [-0.1, -0.05) is 16.8 Å². The third-order valence-corrected chi connectivity index (χ3v) is 8.30. The molecule has 1 amide bonds. The van der Waals surface area contributed by atoms with E-state index in [2.05, 4.69) is 19.9 Å². The number of hydrogen-bond donors (Lipinski definition) is 0. The lowest BCUT2D eigenvalue weighted by Crippen LogP contribution is -2.47. The average molecular weight is 491 g/mol. The number of rotatable bonds is 8. The van der Waals surface area contributed by atoms with Crippen LogP contribution < -0.4 is 4.90 Å². The summed E-state index contributed by atoms with van der Waals surface area (Å²) in [6, 6.07) is 5.71. The summed E-state index contributed by atoms with van der Waals surface area (Å²) in [5.74, 6) is 1.85. The number of benzene rings is 1. The summed E-state index contributed by atoms with van der Waals surface area (Å²) in [6.07, 6.45) is 5.80. The van der Waals surface area contributed by atoms with E-state index in [-0.39, 0.29) is 11.4 Å². The SMILES string of the molecule is COC(CC(=O)N1CC12CCC(CCN1CCN(c3noc4cc(Cl)ccc34)CC1)CC2)OC. The zero-order chi connectivity index (χ0) is 23.7. The maximum Gasteiger partial charge on any atom is 0.228 e. The van der Waals surface area contributed by atoms with Gasteiger partial charge < -0.3 is 23.8 Å². The van der Waals surface area contributed by atoms with Gasteiger partial charge in [-0.2, -0.15) is 0 Å². The highest BCUT2D eigenvalue weighted by Gasteiger charge is 2.55. The van der Waals surface area contributed by atoms with Gasteiger partial charge >= 0.3 is 0 Å². The second kappa shape index (κ2) is 10.0. The molecule has 0 radical (unpaired) electrons. The third kappa shape index (κ3) is 4.91. The Labute approximate surface area is 206 Å². The average Bonchev–Trinajstić information content (AvgIpc) is 3.40. The number of nitrogens with zero attached hydrogens (tertiary/aromatic N) is 4. The van der Waals surface area contributed by atoms with Gasteiger partial charge in [0.15, 0.2) is 17.7 Å². The zero-order valence-electron chi connectivity index (χ0n) is 20.2. The Hall–Kier alpha value is -1.87. The first-order chi connectivity index (χ1) is 16.5. The zero-order valence-corrected chi connectivity index (χ0v) is 20.9. The van der Waals surface area contributed by atoms with Crippen LogP contribution >= 0.6 is 11.6 Å². The topological polar surface area (TPSA) is 71.1 Å². The van der Waals surface area contributed by atoms with Crippen molar-refractivity contribution in [3.05, 3.63) is 23.2 Å². The normalized spacial score (nSPS) is 25.6. The molecule has 1 aliphatic carbocycles. The highest BCUT2D eigenvalue weighted by Crippen LogP contribution is 2.47. The van der Waals surface area contributed by atoms with Gasteiger partial charge in [-0.25, -0.2) is 0 Å². The molecule has 0 N–H and O–H groups in total. The molecule has 8 nitrogen and oxygen atoms in total. The summed E-state index contributed by atoms with van der Waals surface area (Å²) < 4.78 is 15.9. The number of anilines is 1.